The van der Waals surface area contributed by atoms with Gasteiger partial charge in [0.2, 0.25) is 11.8 Å². The highest BCUT2D eigenvalue weighted by Gasteiger charge is 2.58. The molecule has 7 nitrogen and oxygen atoms in total. The zero-order chi connectivity index (χ0) is 38.7. The fraction of sp³-hybridized carbons (Fsp3) is 0.378. The van der Waals surface area contributed by atoms with E-state index in [-0.39, 0.29) is 41.4 Å². The van der Waals surface area contributed by atoms with Crippen LogP contribution in [0.15, 0.2) is 119 Å². The van der Waals surface area contributed by atoms with Crippen LogP contribution in [0.2, 0.25) is 11.4 Å². The minimum atomic E-state index is -2.95. The topological polar surface area (TPSA) is 96.3 Å². The molecule has 2 saturated heterocycles. The highest BCUT2D eigenvalue weighted by molar-refractivity contribution is 7.09. The summed E-state index contributed by atoms with van der Waals surface area (Å²) in [6.45, 7) is 9.51. The van der Waals surface area contributed by atoms with Crippen LogP contribution in [0.1, 0.15) is 70.2 Å². The average molecular weight is 774 g/mol. The van der Waals surface area contributed by atoms with Gasteiger partial charge in [-0.15, -0.1) is 11.3 Å². The monoisotopic (exact) mass is 773 g/mol. The van der Waals surface area contributed by atoms with Crippen molar-refractivity contribution in [3.05, 3.63) is 130 Å². The van der Waals surface area contributed by atoms with Crippen molar-refractivity contribution in [3.63, 3.8) is 0 Å². The quantitative estimate of drug-likeness (QED) is 0.0813. The number of likely N-dealkylation sites (tertiary alicyclic amines) is 1. The van der Waals surface area contributed by atoms with E-state index in [0.29, 0.717) is 19.4 Å². The van der Waals surface area contributed by atoms with E-state index in [4.69, 9.17) is 9.08 Å². The van der Waals surface area contributed by atoms with Crippen molar-refractivity contribution in [1.29, 1.82) is 0 Å². The Kier molecular flexibility index (Phi) is 11.8. The Labute approximate surface area is 331 Å². The molecule has 4 aromatic rings. The van der Waals surface area contributed by atoms with Gasteiger partial charge in [0.1, 0.15) is 5.75 Å². The predicted molar refractivity (Wildman–Crippen MR) is 223 cm³/mol. The van der Waals surface area contributed by atoms with E-state index in [2.05, 4.69) is 82.3 Å². The summed E-state index contributed by atoms with van der Waals surface area (Å²) in [6.07, 6.45) is 5.64. The fourth-order valence-electron chi connectivity index (χ4n) is 9.35. The molecular formula is C45H52BNO6SSi. The van der Waals surface area contributed by atoms with Crippen LogP contribution in [0, 0.1) is 17.8 Å². The summed E-state index contributed by atoms with van der Waals surface area (Å²) in [4.78, 5) is 31.1. The molecule has 7 rings (SSSR count). The molecule has 2 N–H and O–H groups in total. The molecule has 0 radical (unpaired) electrons. The number of aromatic hydroxyl groups is 1. The van der Waals surface area contributed by atoms with Gasteiger partial charge in [-0.05, 0) is 93.6 Å². The van der Waals surface area contributed by atoms with Crippen LogP contribution in [-0.4, -0.2) is 55.0 Å². The summed E-state index contributed by atoms with van der Waals surface area (Å²) in [6, 6.07) is 32.3. The molecule has 2 fully saturated rings. The lowest BCUT2D eigenvalue weighted by atomic mass is 9.58. The van der Waals surface area contributed by atoms with Crippen molar-refractivity contribution in [3.8, 4) is 5.75 Å². The number of phenolic OH excluding ortho intramolecular Hbond substituents is 1. The number of thiophene rings is 1. The summed E-state index contributed by atoms with van der Waals surface area (Å²) in [5, 5.41) is 25.3. The van der Waals surface area contributed by atoms with Crippen molar-refractivity contribution in [2.75, 3.05) is 6.61 Å². The van der Waals surface area contributed by atoms with Crippen LogP contribution in [0.4, 0.5) is 0 Å². The van der Waals surface area contributed by atoms with Crippen LogP contribution in [0.3, 0.4) is 0 Å². The summed E-state index contributed by atoms with van der Waals surface area (Å²) >= 11 is 1.54. The van der Waals surface area contributed by atoms with Gasteiger partial charge in [0.15, 0.2) is 0 Å². The van der Waals surface area contributed by atoms with Gasteiger partial charge >= 0.3 is 7.12 Å². The van der Waals surface area contributed by atoms with Crippen molar-refractivity contribution in [2.24, 2.45) is 17.8 Å². The number of rotatable bonds is 13. The summed E-state index contributed by atoms with van der Waals surface area (Å²) in [5.74, 6) is -1.47. The third kappa shape index (κ3) is 7.98. The number of allylic oxidation sites excluding steroid dienone is 1. The summed E-state index contributed by atoms with van der Waals surface area (Å²) < 4.78 is 14.0. The number of carbonyl (C=O) groups is 2. The van der Waals surface area contributed by atoms with Crippen LogP contribution in [0.5, 0.6) is 5.75 Å². The second-order valence-electron chi connectivity index (χ2n) is 16.3. The first kappa shape index (κ1) is 39.2. The molecule has 55 heavy (non-hydrogen) atoms. The average Bonchev–Trinajstić information content (AvgIpc) is 3.77. The number of amides is 2. The van der Waals surface area contributed by atoms with Crippen molar-refractivity contribution >= 4 is 55.0 Å². The number of fused-ring (bicyclic) bond motifs is 3. The zero-order valence-electron chi connectivity index (χ0n) is 32.3. The van der Waals surface area contributed by atoms with Crippen molar-refractivity contribution in [1.82, 2.24) is 4.90 Å². The molecule has 2 aliphatic heterocycles. The van der Waals surface area contributed by atoms with Crippen LogP contribution in [0.25, 0.3) is 6.08 Å². The Morgan fingerprint density at radius 1 is 0.927 bits per heavy atom. The molecule has 10 heteroatoms. The second kappa shape index (κ2) is 16.6. The number of carbonyl (C=O) groups excluding carboxylic acids is 2. The normalized spacial score (nSPS) is 21.9. The maximum absolute atomic E-state index is 14.4. The SMILES string of the molecule is CCC/C(=C\c1ccc(O)cc1)CC[C@H]1OB(O)C[C@H]2C1=C(CO[Si](c1ccccc1)(c1ccccc1)C(C)(C)C)C[C@H]1C(=O)N(Cc3cccs3)C(=O)[C@H]12. The van der Waals surface area contributed by atoms with E-state index < -0.39 is 33.4 Å². The number of phenols is 1. The Balaban J connectivity index is 1.29. The van der Waals surface area contributed by atoms with E-state index >= 15 is 0 Å². The lowest BCUT2D eigenvalue weighted by Crippen LogP contribution is -2.66. The van der Waals surface area contributed by atoms with E-state index in [1.165, 1.54) is 20.8 Å². The summed E-state index contributed by atoms with van der Waals surface area (Å²) in [5.41, 5.74) is 4.32. The van der Waals surface area contributed by atoms with Gasteiger partial charge in [0.25, 0.3) is 8.32 Å². The maximum atomic E-state index is 14.4. The molecule has 286 valence electrons. The summed E-state index contributed by atoms with van der Waals surface area (Å²) in [7, 11) is -4.01. The maximum Gasteiger partial charge on any atom is 0.455 e. The first-order valence-corrected chi connectivity index (χ1v) is 22.5. The minimum Gasteiger partial charge on any atom is -0.508 e. The Morgan fingerprint density at radius 2 is 1.60 bits per heavy atom. The van der Waals surface area contributed by atoms with E-state index in [1.807, 2.05) is 41.8 Å². The van der Waals surface area contributed by atoms with Gasteiger partial charge in [-0.25, -0.2) is 0 Å². The lowest BCUT2D eigenvalue weighted by molar-refractivity contribution is -0.140. The minimum absolute atomic E-state index is 0.134. The molecule has 3 heterocycles. The van der Waals surface area contributed by atoms with Crippen molar-refractivity contribution in [2.45, 2.75) is 83.8 Å². The van der Waals surface area contributed by atoms with Gasteiger partial charge < -0.3 is 19.2 Å². The molecule has 3 aromatic carbocycles. The van der Waals surface area contributed by atoms with Crippen LogP contribution < -0.4 is 10.4 Å². The molecule has 4 atom stereocenters. The standard InChI is InChI=1S/C45H52BNO6SSi/c1-5-13-31(26-32-19-22-34(48)23-20-32)21-24-40-41-33(30-52-55(45(2,3)4,36-15-8-6-9-16-36)37-17-10-7-11-18-37)27-38-42(39(41)28-46(51)53-40)44(50)47(43(38)49)29-35-14-12-25-54-35/h6-12,14-20,22-23,25-26,38-40,42,48,51H,5,13,21,24,27-30H2,1-4H3/b31-26+/t38-,39+,40-,42-/m1/s1. The van der Waals surface area contributed by atoms with Gasteiger partial charge in [0.05, 0.1) is 31.1 Å². The van der Waals surface area contributed by atoms with E-state index in [0.717, 1.165) is 40.8 Å². The number of hydrogen-bond acceptors (Lipinski definition) is 7. The van der Waals surface area contributed by atoms with Crippen LogP contribution in [-0.2, 0) is 25.2 Å². The third-order valence-electron chi connectivity index (χ3n) is 11.7. The van der Waals surface area contributed by atoms with E-state index in [9.17, 15) is 19.7 Å². The highest BCUT2D eigenvalue weighted by atomic mass is 32.1. The van der Waals surface area contributed by atoms with E-state index in [1.54, 1.807) is 23.5 Å². The number of benzene rings is 3. The first-order chi connectivity index (χ1) is 26.5. The fourth-order valence-corrected chi connectivity index (χ4v) is 14.6. The number of imide groups is 1. The van der Waals surface area contributed by atoms with Crippen molar-refractivity contribution < 1.29 is 28.8 Å². The highest BCUT2D eigenvalue weighted by Crippen LogP contribution is 2.51. The zero-order valence-corrected chi connectivity index (χ0v) is 34.1. The van der Waals surface area contributed by atoms with Gasteiger partial charge in [-0.3, -0.25) is 14.5 Å². The molecule has 0 bridgehead atoms. The van der Waals surface area contributed by atoms with Gasteiger partial charge in [-0.1, -0.05) is 125 Å². The second-order valence-corrected chi connectivity index (χ2v) is 21.6. The molecule has 1 aliphatic carbocycles. The smallest absolute Gasteiger partial charge is 0.455 e. The molecular weight excluding hydrogens is 721 g/mol. The third-order valence-corrected chi connectivity index (χ3v) is 17.6. The predicted octanol–water partition coefficient (Wildman–Crippen LogP) is 7.99. The molecule has 0 spiro atoms. The number of hydrogen-bond donors (Lipinski definition) is 2. The van der Waals surface area contributed by atoms with Gasteiger partial charge in [0, 0.05) is 4.88 Å². The molecule has 1 aromatic heterocycles. The lowest BCUT2D eigenvalue weighted by Gasteiger charge is -2.46. The largest absolute Gasteiger partial charge is 0.508 e. The first-order valence-electron chi connectivity index (χ1n) is 19.7. The number of nitrogens with zero attached hydrogens (tertiary/aromatic N) is 1. The molecule has 2 amide bonds. The molecule has 3 aliphatic rings. The van der Waals surface area contributed by atoms with Crippen LogP contribution >= 0.6 is 11.3 Å². The Bertz CT molecular complexity index is 1970. The Hall–Kier alpha value is -4.06. The molecule has 0 unspecified atom stereocenters. The van der Waals surface area contributed by atoms with Gasteiger partial charge in [-0.2, -0.15) is 0 Å². The Morgan fingerprint density at radius 3 is 2.20 bits per heavy atom. The molecule has 0 saturated carbocycles.